The van der Waals surface area contributed by atoms with E-state index in [0.717, 1.165) is 31.2 Å². The van der Waals surface area contributed by atoms with Gasteiger partial charge in [-0.1, -0.05) is 6.07 Å². The van der Waals surface area contributed by atoms with Crippen molar-refractivity contribution < 1.29 is 0 Å². The lowest BCUT2D eigenvalue weighted by Crippen LogP contribution is -2.44. The van der Waals surface area contributed by atoms with Crippen molar-refractivity contribution in [1.29, 1.82) is 0 Å². The third kappa shape index (κ3) is 2.49. The van der Waals surface area contributed by atoms with Crippen LogP contribution in [0.2, 0.25) is 0 Å². The van der Waals surface area contributed by atoms with Crippen LogP contribution in [0.25, 0.3) is 9.88 Å². The largest absolute Gasteiger partial charge is 0.314 e. The number of nitrogens with zero attached hydrogens (tertiary/aromatic N) is 2. The summed E-state index contributed by atoms with van der Waals surface area (Å²) in [4.78, 5) is 9.74. The fourth-order valence-corrected chi connectivity index (χ4v) is 4.05. The van der Waals surface area contributed by atoms with Crippen LogP contribution in [0.4, 0.5) is 0 Å². The van der Waals surface area contributed by atoms with Crippen molar-refractivity contribution in [3.05, 3.63) is 28.6 Å². The van der Waals surface area contributed by atoms with E-state index in [1.165, 1.54) is 9.75 Å². The van der Waals surface area contributed by atoms with Crippen LogP contribution >= 0.6 is 22.7 Å². The van der Waals surface area contributed by atoms with Crippen molar-refractivity contribution in [2.75, 3.05) is 26.2 Å². The molecule has 3 heterocycles. The Balaban J connectivity index is 1.76. The summed E-state index contributed by atoms with van der Waals surface area (Å²) in [6, 6.07) is 4.71. The molecule has 1 aliphatic heterocycles. The summed E-state index contributed by atoms with van der Waals surface area (Å²) in [7, 11) is 0. The molecule has 3 nitrogen and oxygen atoms in total. The van der Waals surface area contributed by atoms with Crippen LogP contribution < -0.4 is 5.32 Å². The summed E-state index contributed by atoms with van der Waals surface area (Å²) in [5.41, 5.74) is 0. The highest BCUT2D eigenvalue weighted by molar-refractivity contribution is 7.21. The Hall–Kier alpha value is -0.750. The van der Waals surface area contributed by atoms with Crippen LogP contribution in [0.5, 0.6) is 0 Å². The molecule has 1 unspecified atom stereocenters. The van der Waals surface area contributed by atoms with Gasteiger partial charge in [0.15, 0.2) is 0 Å². The summed E-state index contributed by atoms with van der Waals surface area (Å²) in [5, 5.41) is 6.66. The zero-order chi connectivity index (χ0) is 12.4. The molecule has 2 aromatic rings. The van der Waals surface area contributed by atoms with Crippen LogP contribution in [-0.4, -0.2) is 36.1 Å². The second-order valence-corrected chi connectivity index (χ2v) is 6.52. The van der Waals surface area contributed by atoms with Crippen LogP contribution in [0, 0.1) is 0 Å². The molecular weight excluding hydrogens is 262 g/mol. The monoisotopic (exact) mass is 279 g/mol. The van der Waals surface area contributed by atoms with E-state index in [-0.39, 0.29) is 0 Å². The van der Waals surface area contributed by atoms with Gasteiger partial charge in [-0.25, -0.2) is 4.98 Å². The molecule has 0 radical (unpaired) electrons. The summed E-state index contributed by atoms with van der Waals surface area (Å²) >= 11 is 3.59. The molecule has 18 heavy (non-hydrogen) atoms. The molecule has 1 saturated heterocycles. The van der Waals surface area contributed by atoms with Crippen LogP contribution in [0.3, 0.4) is 0 Å². The Morgan fingerprint density at radius 2 is 2.22 bits per heavy atom. The molecule has 0 spiro atoms. The van der Waals surface area contributed by atoms with Gasteiger partial charge in [-0.3, -0.25) is 4.90 Å². The minimum absolute atomic E-state index is 0.485. The van der Waals surface area contributed by atoms with Crippen molar-refractivity contribution in [2.24, 2.45) is 0 Å². The smallest absolute Gasteiger partial charge is 0.133 e. The first kappa shape index (κ1) is 12.3. The summed E-state index contributed by atoms with van der Waals surface area (Å²) in [6.45, 7) is 6.75. The molecule has 0 bridgehead atoms. The van der Waals surface area contributed by atoms with E-state index in [4.69, 9.17) is 0 Å². The average molecular weight is 279 g/mol. The van der Waals surface area contributed by atoms with E-state index in [0.29, 0.717) is 6.04 Å². The Labute approximate surface area is 115 Å². The molecule has 0 amide bonds. The average Bonchev–Trinajstić information content (AvgIpc) is 3.09. The molecule has 0 saturated carbocycles. The molecule has 1 N–H and O–H groups in total. The molecule has 1 fully saturated rings. The Bertz CT molecular complexity index is 486. The highest BCUT2D eigenvalue weighted by Gasteiger charge is 2.20. The van der Waals surface area contributed by atoms with Crippen molar-refractivity contribution in [1.82, 2.24) is 15.2 Å². The highest BCUT2D eigenvalue weighted by Crippen LogP contribution is 2.33. The predicted molar refractivity (Wildman–Crippen MR) is 78.3 cm³/mol. The van der Waals surface area contributed by atoms with E-state index in [2.05, 4.69) is 39.6 Å². The van der Waals surface area contributed by atoms with Crippen LogP contribution in [0.15, 0.2) is 23.7 Å². The lowest BCUT2D eigenvalue weighted by molar-refractivity contribution is 0.188. The van der Waals surface area contributed by atoms with Crippen LogP contribution in [-0.2, 0) is 0 Å². The normalized spacial score (nSPS) is 18.9. The van der Waals surface area contributed by atoms with E-state index >= 15 is 0 Å². The van der Waals surface area contributed by atoms with E-state index in [1.54, 1.807) is 11.3 Å². The number of hydrogen-bond donors (Lipinski definition) is 1. The Morgan fingerprint density at radius 3 is 2.94 bits per heavy atom. The van der Waals surface area contributed by atoms with Gasteiger partial charge in [0.05, 0.1) is 4.88 Å². The fourth-order valence-electron chi connectivity index (χ4n) is 2.24. The maximum absolute atomic E-state index is 4.56. The number of hydrogen-bond acceptors (Lipinski definition) is 5. The molecule has 1 atom stereocenters. The first-order valence-corrected chi connectivity index (χ1v) is 7.98. The van der Waals surface area contributed by atoms with Crippen molar-refractivity contribution in [3.8, 4) is 9.88 Å². The number of nitrogens with one attached hydrogen (secondary N) is 1. The van der Waals surface area contributed by atoms with Gasteiger partial charge in [0.2, 0.25) is 0 Å². The number of piperazine rings is 1. The second-order valence-electron chi connectivity index (χ2n) is 4.51. The van der Waals surface area contributed by atoms with Gasteiger partial charge in [-0.05, 0) is 18.4 Å². The molecule has 0 aromatic carbocycles. The van der Waals surface area contributed by atoms with Crippen molar-refractivity contribution in [3.63, 3.8) is 0 Å². The number of thiazole rings is 1. The SMILES string of the molecule is CC(c1cnc(-c2cccs2)s1)N1CCNCC1. The Kier molecular flexibility index (Phi) is 3.75. The molecule has 5 heteroatoms. The summed E-state index contributed by atoms with van der Waals surface area (Å²) in [6.07, 6.45) is 2.05. The van der Waals surface area contributed by atoms with Crippen molar-refractivity contribution in [2.45, 2.75) is 13.0 Å². The van der Waals surface area contributed by atoms with Gasteiger partial charge in [0, 0.05) is 43.3 Å². The molecule has 3 rings (SSSR count). The number of aromatic nitrogens is 1. The van der Waals surface area contributed by atoms with E-state index in [1.807, 2.05) is 17.5 Å². The standard InChI is InChI=1S/C13H17N3S2/c1-10(16-6-4-14-5-7-16)12-9-15-13(18-12)11-3-2-8-17-11/h2-3,8-10,14H,4-7H2,1H3. The molecule has 2 aromatic heterocycles. The zero-order valence-corrected chi connectivity index (χ0v) is 12.1. The third-order valence-corrected chi connectivity index (χ3v) is 5.57. The third-order valence-electron chi connectivity index (χ3n) is 3.37. The second kappa shape index (κ2) is 5.48. The maximum Gasteiger partial charge on any atom is 0.133 e. The lowest BCUT2D eigenvalue weighted by Gasteiger charge is -2.31. The Morgan fingerprint density at radius 1 is 1.39 bits per heavy atom. The molecule has 0 aliphatic carbocycles. The first-order valence-electron chi connectivity index (χ1n) is 6.29. The van der Waals surface area contributed by atoms with Gasteiger partial charge in [-0.15, -0.1) is 22.7 Å². The van der Waals surface area contributed by atoms with Gasteiger partial charge in [-0.2, -0.15) is 0 Å². The minimum Gasteiger partial charge on any atom is -0.314 e. The minimum atomic E-state index is 0.485. The van der Waals surface area contributed by atoms with E-state index in [9.17, 15) is 0 Å². The quantitative estimate of drug-likeness (QED) is 0.936. The first-order chi connectivity index (χ1) is 8.84. The van der Waals surface area contributed by atoms with Gasteiger partial charge in [0.1, 0.15) is 5.01 Å². The predicted octanol–water partition coefficient (Wildman–Crippen LogP) is 2.84. The summed E-state index contributed by atoms with van der Waals surface area (Å²) < 4.78 is 0. The lowest BCUT2D eigenvalue weighted by atomic mass is 10.2. The zero-order valence-electron chi connectivity index (χ0n) is 10.4. The molecule has 96 valence electrons. The van der Waals surface area contributed by atoms with Crippen molar-refractivity contribution >= 4 is 22.7 Å². The number of thiophene rings is 1. The topological polar surface area (TPSA) is 28.2 Å². The van der Waals surface area contributed by atoms with Gasteiger partial charge >= 0.3 is 0 Å². The molecule has 1 aliphatic rings. The summed E-state index contributed by atoms with van der Waals surface area (Å²) in [5.74, 6) is 0. The molecular formula is C13H17N3S2. The van der Waals surface area contributed by atoms with Gasteiger partial charge < -0.3 is 5.32 Å². The van der Waals surface area contributed by atoms with Gasteiger partial charge in [0.25, 0.3) is 0 Å². The van der Waals surface area contributed by atoms with E-state index < -0.39 is 0 Å². The maximum atomic E-state index is 4.56. The highest BCUT2D eigenvalue weighted by atomic mass is 32.1. The fraction of sp³-hybridized carbons (Fsp3) is 0.462. The van der Waals surface area contributed by atoms with Crippen LogP contribution in [0.1, 0.15) is 17.8 Å². The number of rotatable bonds is 3.